The highest BCUT2D eigenvalue weighted by atomic mass is 32.2. The quantitative estimate of drug-likeness (QED) is 0.806. The van der Waals surface area contributed by atoms with E-state index in [1.807, 2.05) is 13.2 Å². The molecule has 1 atom stereocenters. The van der Waals surface area contributed by atoms with Crippen LogP contribution in [0.3, 0.4) is 0 Å². The van der Waals surface area contributed by atoms with E-state index in [0.717, 1.165) is 0 Å². The maximum absolute atomic E-state index is 11.3. The molecule has 1 aromatic heterocycles. The highest BCUT2D eigenvalue weighted by molar-refractivity contribution is 7.99. The number of thioether (sulfide) groups is 1. The number of amides is 1. The van der Waals surface area contributed by atoms with Crippen LogP contribution in [0.4, 0.5) is 5.82 Å². The Hall–Kier alpha value is -0.970. The minimum Gasteiger partial charge on any atom is -0.360 e. The van der Waals surface area contributed by atoms with Gasteiger partial charge in [-0.2, -0.15) is 11.8 Å². The number of nitrogens with one attached hydrogen (secondary N) is 1. The van der Waals surface area contributed by atoms with Gasteiger partial charge in [0.25, 0.3) is 0 Å². The van der Waals surface area contributed by atoms with Gasteiger partial charge >= 0.3 is 0 Å². The monoisotopic (exact) mass is 200 g/mol. The second-order valence-corrected chi connectivity index (χ2v) is 3.87. The third-order valence-corrected chi connectivity index (χ3v) is 2.52. The molecule has 0 aliphatic rings. The summed E-state index contributed by atoms with van der Waals surface area (Å²) in [6.07, 6.45) is 1.89. The third-order valence-electron chi connectivity index (χ3n) is 1.60. The summed E-state index contributed by atoms with van der Waals surface area (Å²) >= 11 is 1.49. The molecular formula is C8H12N2O2S. The number of carbonyl (C=O) groups is 1. The van der Waals surface area contributed by atoms with Gasteiger partial charge in [-0.05, 0) is 20.1 Å². The van der Waals surface area contributed by atoms with Gasteiger partial charge in [0.15, 0.2) is 5.82 Å². The second-order valence-electron chi connectivity index (χ2n) is 2.69. The summed E-state index contributed by atoms with van der Waals surface area (Å²) in [6, 6.07) is 1.69. The Bertz CT molecular complexity index is 298. The van der Waals surface area contributed by atoms with Gasteiger partial charge in [0.05, 0.1) is 5.25 Å². The first-order chi connectivity index (χ1) is 6.13. The molecule has 0 aromatic carbocycles. The highest BCUT2D eigenvalue weighted by Crippen LogP contribution is 2.11. The molecule has 0 fully saturated rings. The van der Waals surface area contributed by atoms with Crippen molar-refractivity contribution in [2.45, 2.75) is 19.1 Å². The van der Waals surface area contributed by atoms with Crippen LogP contribution in [0.1, 0.15) is 12.7 Å². The summed E-state index contributed by atoms with van der Waals surface area (Å²) in [5, 5.41) is 6.23. The summed E-state index contributed by atoms with van der Waals surface area (Å²) < 4.78 is 4.81. The molecule has 1 N–H and O–H groups in total. The largest absolute Gasteiger partial charge is 0.360 e. The van der Waals surface area contributed by atoms with E-state index in [1.165, 1.54) is 11.8 Å². The van der Waals surface area contributed by atoms with Crippen molar-refractivity contribution in [3.05, 3.63) is 11.8 Å². The van der Waals surface area contributed by atoms with Crippen molar-refractivity contribution in [3.63, 3.8) is 0 Å². The molecule has 4 nitrogen and oxygen atoms in total. The normalized spacial score (nSPS) is 12.5. The van der Waals surface area contributed by atoms with E-state index in [1.54, 1.807) is 13.0 Å². The molecule has 72 valence electrons. The summed E-state index contributed by atoms with van der Waals surface area (Å²) in [5.41, 5.74) is 0. The first kappa shape index (κ1) is 10.1. The van der Waals surface area contributed by atoms with E-state index >= 15 is 0 Å². The smallest absolute Gasteiger partial charge is 0.238 e. The molecule has 13 heavy (non-hydrogen) atoms. The van der Waals surface area contributed by atoms with Crippen LogP contribution >= 0.6 is 11.8 Å². The van der Waals surface area contributed by atoms with Gasteiger partial charge in [-0.15, -0.1) is 0 Å². The molecular weight excluding hydrogens is 188 g/mol. The zero-order chi connectivity index (χ0) is 9.84. The van der Waals surface area contributed by atoms with E-state index in [9.17, 15) is 4.79 Å². The molecule has 0 aliphatic carbocycles. The number of rotatable bonds is 3. The Labute approximate surface area is 81.1 Å². The zero-order valence-electron chi connectivity index (χ0n) is 7.83. The van der Waals surface area contributed by atoms with E-state index in [2.05, 4.69) is 10.5 Å². The Kier molecular flexibility index (Phi) is 3.36. The molecule has 0 bridgehead atoms. The van der Waals surface area contributed by atoms with Gasteiger partial charge in [-0.3, -0.25) is 4.79 Å². The van der Waals surface area contributed by atoms with Crippen LogP contribution in [0.5, 0.6) is 0 Å². The second kappa shape index (κ2) is 4.32. The van der Waals surface area contributed by atoms with Crippen LogP contribution in [0, 0.1) is 6.92 Å². The highest BCUT2D eigenvalue weighted by Gasteiger charge is 2.12. The lowest BCUT2D eigenvalue weighted by Gasteiger charge is -2.05. The van der Waals surface area contributed by atoms with Crippen LogP contribution in [0.2, 0.25) is 0 Å². The van der Waals surface area contributed by atoms with Crippen LogP contribution in [0.25, 0.3) is 0 Å². The average molecular weight is 200 g/mol. The Morgan fingerprint density at radius 2 is 2.46 bits per heavy atom. The lowest BCUT2D eigenvalue weighted by molar-refractivity contribution is -0.115. The fraction of sp³-hybridized carbons (Fsp3) is 0.500. The van der Waals surface area contributed by atoms with Gasteiger partial charge in [-0.25, -0.2) is 0 Å². The van der Waals surface area contributed by atoms with E-state index < -0.39 is 0 Å². The number of nitrogens with zero attached hydrogens (tertiary/aromatic N) is 1. The fourth-order valence-electron chi connectivity index (χ4n) is 0.760. The lowest BCUT2D eigenvalue weighted by atomic mass is 10.4. The topological polar surface area (TPSA) is 55.1 Å². The maximum atomic E-state index is 11.3. The van der Waals surface area contributed by atoms with Crippen LogP contribution in [-0.4, -0.2) is 22.6 Å². The van der Waals surface area contributed by atoms with Crippen molar-refractivity contribution in [1.82, 2.24) is 5.16 Å². The predicted molar refractivity (Wildman–Crippen MR) is 52.8 cm³/mol. The minimum absolute atomic E-state index is 0.0548. The van der Waals surface area contributed by atoms with Crippen molar-refractivity contribution >= 4 is 23.5 Å². The van der Waals surface area contributed by atoms with Gasteiger partial charge in [0.2, 0.25) is 5.91 Å². The number of hydrogen-bond donors (Lipinski definition) is 1. The lowest BCUT2D eigenvalue weighted by Crippen LogP contribution is -2.22. The van der Waals surface area contributed by atoms with Gasteiger partial charge in [0, 0.05) is 6.07 Å². The first-order valence-corrected chi connectivity index (χ1v) is 5.19. The summed E-state index contributed by atoms with van der Waals surface area (Å²) in [7, 11) is 0. The SMILES string of the molecule is CS[C@H](C)C(=O)Nc1cc(C)on1. The molecule has 0 saturated heterocycles. The molecule has 0 aliphatic heterocycles. The molecule has 0 spiro atoms. The third kappa shape index (κ3) is 2.77. The van der Waals surface area contributed by atoms with Crippen LogP contribution in [0.15, 0.2) is 10.6 Å². The van der Waals surface area contributed by atoms with Crippen LogP contribution in [-0.2, 0) is 4.79 Å². The minimum atomic E-state index is -0.0722. The van der Waals surface area contributed by atoms with E-state index in [-0.39, 0.29) is 11.2 Å². The van der Waals surface area contributed by atoms with E-state index in [0.29, 0.717) is 11.6 Å². The summed E-state index contributed by atoms with van der Waals surface area (Å²) in [5.74, 6) is 1.11. The Morgan fingerprint density at radius 3 is 2.92 bits per heavy atom. The van der Waals surface area contributed by atoms with Crippen molar-refractivity contribution in [1.29, 1.82) is 0 Å². The van der Waals surface area contributed by atoms with Crippen LogP contribution < -0.4 is 5.32 Å². The number of aryl methyl sites for hydroxylation is 1. The molecule has 0 saturated carbocycles. The number of aromatic nitrogens is 1. The zero-order valence-corrected chi connectivity index (χ0v) is 8.64. The molecule has 1 aromatic rings. The Balaban J connectivity index is 2.54. The van der Waals surface area contributed by atoms with Gasteiger partial charge in [-0.1, -0.05) is 5.16 Å². The Morgan fingerprint density at radius 1 is 1.77 bits per heavy atom. The van der Waals surface area contributed by atoms with Crippen molar-refractivity contribution < 1.29 is 9.32 Å². The molecule has 5 heteroatoms. The van der Waals surface area contributed by atoms with Gasteiger partial charge < -0.3 is 9.84 Å². The first-order valence-electron chi connectivity index (χ1n) is 3.90. The summed E-state index contributed by atoms with van der Waals surface area (Å²) in [4.78, 5) is 11.3. The van der Waals surface area contributed by atoms with Crippen molar-refractivity contribution in [2.75, 3.05) is 11.6 Å². The molecule has 0 radical (unpaired) electrons. The van der Waals surface area contributed by atoms with Crippen molar-refractivity contribution in [3.8, 4) is 0 Å². The fourth-order valence-corrected chi connectivity index (χ4v) is 1.03. The van der Waals surface area contributed by atoms with Crippen molar-refractivity contribution in [2.24, 2.45) is 0 Å². The maximum Gasteiger partial charge on any atom is 0.238 e. The summed E-state index contributed by atoms with van der Waals surface area (Å²) in [6.45, 7) is 3.62. The van der Waals surface area contributed by atoms with E-state index in [4.69, 9.17) is 4.52 Å². The number of carbonyl (C=O) groups excluding carboxylic acids is 1. The average Bonchev–Trinajstić information content (AvgIpc) is 2.49. The number of hydrogen-bond acceptors (Lipinski definition) is 4. The number of anilines is 1. The predicted octanol–water partition coefficient (Wildman–Crippen LogP) is 1.67. The molecule has 1 heterocycles. The van der Waals surface area contributed by atoms with Gasteiger partial charge in [0.1, 0.15) is 5.76 Å². The standard InChI is InChI=1S/C8H12N2O2S/c1-5-4-7(10-12-5)9-8(11)6(2)13-3/h4,6H,1-3H3,(H,9,10,11)/t6-/m1/s1. The molecule has 1 amide bonds. The molecule has 0 unspecified atom stereocenters. The molecule has 1 rings (SSSR count).